The third kappa shape index (κ3) is 3.79. The lowest BCUT2D eigenvalue weighted by molar-refractivity contribution is 0.625. The fraction of sp³-hybridized carbons (Fsp3) is 0.222. The van der Waals surface area contributed by atoms with Gasteiger partial charge in [0.2, 0.25) is 0 Å². The second-order valence-electron chi connectivity index (χ2n) is 5.24. The van der Waals surface area contributed by atoms with Crippen LogP contribution in [-0.4, -0.2) is 14.8 Å². The zero-order valence-corrected chi connectivity index (χ0v) is 13.8. The molecule has 0 N–H and O–H groups in total. The van der Waals surface area contributed by atoms with E-state index in [2.05, 4.69) is 21.7 Å². The molecule has 0 unspecified atom stereocenters. The van der Waals surface area contributed by atoms with Crippen LogP contribution in [-0.2, 0) is 12.3 Å². The maximum absolute atomic E-state index is 13.0. The van der Waals surface area contributed by atoms with Crippen molar-refractivity contribution in [3.8, 4) is 11.4 Å². The Kier molecular flexibility index (Phi) is 5.08. The predicted molar refractivity (Wildman–Crippen MR) is 91.7 cm³/mol. The summed E-state index contributed by atoms with van der Waals surface area (Å²) in [6.45, 7) is 3.02. The molecule has 0 amide bonds. The second-order valence-corrected chi connectivity index (χ2v) is 6.18. The summed E-state index contributed by atoms with van der Waals surface area (Å²) < 4.78 is 15.1. The first-order chi connectivity index (χ1) is 11.3. The first-order valence-electron chi connectivity index (χ1n) is 7.64. The van der Waals surface area contributed by atoms with E-state index in [4.69, 9.17) is 0 Å². The number of nitrogens with zero attached hydrogens (tertiary/aromatic N) is 3. The summed E-state index contributed by atoms with van der Waals surface area (Å²) in [4.78, 5) is 0. The quantitative estimate of drug-likeness (QED) is 0.610. The molecule has 118 valence electrons. The monoisotopic (exact) mass is 327 g/mol. The highest BCUT2D eigenvalue weighted by Gasteiger charge is 2.13. The van der Waals surface area contributed by atoms with Crippen molar-refractivity contribution >= 4 is 11.8 Å². The maximum atomic E-state index is 13.0. The summed E-state index contributed by atoms with van der Waals surface area (Å²) in [5.41, 5.74) is 2.14. The lowest BCUT2D eigenvalue weighted by Gasteiger charge is -2.09. The van der Waals surface area contributed by atoms with Gasteiger partial charge >= 0.3 is 0 Å². The SMILES string of the molecule is CCCn1c(SCc2ccc(F)cc2)nnc1-c1ccccc1. The number of halogens is 1. The highest BCUT2D eigenvalue weighted by atomic mass is 32.2. The van der Waals surface area contributed by atoms with Crippen LogP contribution in [0.5, 0.6) is 0 Å². The van der Waals surface area contributed by atoms with Gasteiger partial charge in [-0.15, -0.1) is 10.2 Å². The van der Waals surface area contributed by atoms with Crippen LogP contribution in [0.2, 0.25) is 0 Å². The van der Waals surface area contributed by atoms with Gasteiger partial charge in [0.05, 0.1) is 0 Å². The Morgan fingerprint density at radius 1 is 1.00 bits per heavy atom. The fourth-order valence-corrected chi connectivity index (χ4v) is 3.27. The highest BCUT2D eigenvalue weighted by molar-refractivity contribution is 7.98. The normalized spacial score (nSPS) is 10.9. The number of aromatic nitrogens is 3. The Hall–Kier alpha value is -2.14. The van der Waals surface area contributed by atoms with Gasteiger partial charge in [-0.3, -0.25) is 0 Å². The molecular weight excluding hydrogens is 309 g/mol. The van der Waals surface area contributed by atoms with E-state index in [1.807, 2.05) is 30.3 Å². The fourth-order valence-electron chi connectivity index (χ4n) is 2.35. The van der Waals surface area contributed by atoms with Crippen molar-refractivity contribution in [2.75, 3.05) is 0 Å². The molecule has 0 aliphatic heterocycles. The molecule has 0 saturated carbocycles. The van der Waals surface area contributed by atoms with Gasteiger partial charge < -0.3 is 4.57 Å². The summed E-state index contributed by atoms with van der Waals surface area (Å²) in [5, 5.41) is 9.61. The molecule has 0 fully saturated rings. The molecule has 1 aromatic heterocycles. The summed E-state index contributed by atoms with van der Waals surface area (Å²) in [6.07, 6.45) is 1.02. The van der Waals surface area contributed by atoms with Crippen molar-refractivity contribution in [3.63, 3.8) is 0 Å². The number of hydrogen-bond acceptors (Lipinski definition) is 3. The summed E-state index contributed by atoms with van der Waals surface area (Å²) in [7, 11) is 0. The van der Waals surface area contributed by atoms with Crippen molar-refractivity contribution in [2.24, 2.45) is 0 Å². The molecule has 3 nitrogen and oxygen atoms in total. The van der Waals surface area contributed by atoms with Gasteiger partial charge in [-0.25, -0.2) is 4.39 Å². The standard InChI is InChI=1S/C18H18FN3S/c1-2-12-22-17(15-6-4-3-5-7-15)20-21-18(22)23-13-14-8-10-16(19)11-9-14/h3-11H,2,12-13H2,1H3. The maximum Gasteiger partial charge on any atom is 0.191 e. The molecule has 2 aromatic carbocycles. The van der Waals surface area contributed by atoms with E-state index < -0.39 is 0 Å². The van der Waals surface area contributed by atoms with Gasteiger partial charge in [0, 0.05) is 17.9 Å². The summed E-state index contributed by atoms with van der Waals surface area (Å²) >= 11 is 1.63. The largest absolute Gasteiger partial charge is 0.302 e. The zero-order chi connectivity index (χ0) is 16.1. The van der Waals surface area contributed by atoms with Crippen LogP contribution in [0, 0.1) is 5.82 Å². The third-order valence-corrected chi connectivity index (χ3v) is 4.52. The minimum atomic E-state index is -0.209. The molecule has 3 aromatic rings. The molecule has 0 aliphatic carbocycles. The molecule has 1 heterocycles. The Morgan fingerprint density at radius 2 is 1.74 bits per heavy atom. The average molecular weight is 327 g/mol. The van der Waals surface area contributed by atoms with Crippen molar-refractivity contribution in [1.29, 1.82) is 0 Å². The number of hydrogen-bond donors (Lipinski definition) is 0. The first-order valence-corrected chi connectivity index (χ1v) is 8.62. The van der Waals surface area contributed by atoms with Gasteiger partial charge in [-0.2, -0.15) is 0 Å². The lowest BCUT2D eigenvalue weighted by Crippen LogP contribution is -2.01. The number of benzene rings is 2. The molecule has 0 atom stereocenters. The van der Waals surface area contributed by atoms with Crippen molar-refractivity contribution in [2.45, 2.75) is 30.8 Å². The van der Waals surface area contributed by atoms with Crippen LogP contribution in [0.25, 0.3) is 11.4 Å². The predicted octanol–water partition coefficient (Wildman–Crippen LogP) is 4.79. The smallest absolute Gasteiger partial charge is 0.191 e. The molecule has 0 bridgehead atoms. The Labute approximate surface area is 139 Å². The summed E-state index contributed by atoms with van der Waals surface area (Å²) in [6, 6.07) is 16.7. The molecular formula is C18H18FN3S. The van der Waals surface area contributed by atoms with Gasteiger partial charge in [-0.1, -0.05) is 61.2 Å². The molecule has 0 saturated heterocycles. The molecule has 23 heavy (non-hydrogen) atoms. The van der Waals surface area contributed by atoms with Gasteiger partial charge in [0.25, 0.3) is 0 Å². The minimum absolute atomic E-state index is 0.209. The van der Waals surface area contributed by atoms with Crippen LogP contribution in [0.1, 0.15) is 18.9 Å². The second kappa shape index (κ2) is 7.42. The number of thioether (sulfide) groups is 1. The van der Waals surface area contributed by atoms with E-state index in [1.165, 1.54) is 12.1 Å². The number of rotatable bonds is 6. The zero-order valence-electron chi connectivity index (χ0n) is 12.9. The van der Waals surface area contributed by atoms with Gasteiger partial charge in [0.1, 0.15) is 5.82 Å². The molecule has 3 rings (SSSR count). The Balaban J connectivity index is 1.82. The molecule has 0 spiro atoms. The van der Waals surface area contributed by atoms with E-state index in [0.717, 1.165) is 40.8 Å². The highest BCUT2D eigenvalue weighted by Crippen LogP contribution is 2.26. The Bertz CT molecular complexity index is 754. The van der Waals surface area contributed by atoms with E-state index in [1.54, 1.807) is 23.9 Å². The van der Waals surface area contributed by atoms with Gasteiger partial charge in [0.15, 0.2) is 11.0 Å². The van der Waals surface area contributed by atoms with E-state index in [9.17, 15) is 4.39 Å². The topological polar surface area (TPSA) is 30.7 Å². The van der Waals surface area contributed by atoms with E-state index >= 15 is 0 Å². The average Bonchev–Trinajstić information content (AvgIpc) is 2.98. The van der Waals surface area contributed by atoms with Crippen LogP contribution >= 0.6 is 11.8 Å². The molecule has 0 aliphatic rings. The van der Waals surface area contributed by atoms with Crippen LogP contribution in [0.3, 0.4) is 0 Å². The van der Waals surface area contributed by atoms with Crippen LogP contribution < -0.4 is 0 Å². The minimum Gasteiger partial charge on any atom is -0.302 e. The summed E-state index contributed by atoms with van der Waals surface area (Å²) in [5.74, 6) is 1.44. The van der Waals surface area contributed by atoms with E-state index in [0.29, 0.717) is 0 Å². The van der Waals surface area contributed by atoms with Crippen LogP contribution in [0.4, 0.5) is 4.39 Å². The lowest BCUT2D eigenvalue weighted by atomic mass is 10.2. The van der Waals surface area contributed by atoms with Gasteiger partial charge in [-0.05, 0) is 24.1 Å². The first kappa shape index (κ1) is 15.7. The third-order valence-electron chi connectivity index (χ3n) is 3.48. The molecule has 5 heteroatoms. The van der Waals surface area contributed by atoms with E-state index in [-0.39, 0.29) is 5.82 Å². The van der Waals surface area contributed by atoms with Crippen molar-refractivity contribution in [3.05, 3.63) is 66.0 Å². The Morgan fingerprint density at radius 3 is 2.43 bits per heavy atom. The molecule has 0 radical (unpaired) electrons. The van der Waals surface area contributed by atoms with Crippen LogP contribution in [0.15, 0.2) is 59.8 Å². The van der Waals surface area contributed by atoms with Crippen molar-refractivity contribution < 1.29 is 4.39 Å². The van der Waals surface area contributed by atoms with Crippen molar-refractivity contribution in [1.82, 2.24) is 14.8 Å².